The molecule has 1 saturated heterocycles. The van der Waals surface area contributed by atoms with Crippen LogP contribution in [0.5, 0.6) is 11.5 Å². The lowest BCUT2D eigenvalue weighted by molar-refractivity contribution is -0.140. The molecular formula is C24H31NO5S. The minimum Gasteiger partial charge on any atom is -0.497 e. The van der Waals surface area contributed by atoms with Crippen molar-refractivity contribution in [2.75, 3.05) is 18.6 Å². The molecule has 0 aliphatic carbocycles. The van der Waals surface area contributed by atoms with Crippen LogP contribution in [0.15, 0.2) is 48.5 Å². The predicted octanol–water partition coefficient (Wildman–Crippen LogP) is 3.80. The first-order valence-electron chi connectivity index (χ1n) is 10.6. The molecule has 0 radical (unpaired) electrons. The summed E-state index contributed by atoms with van der Waals surface area (Å²) in [6.07, 6.45) is -0.286. The first-order valence-corrected chi connectivity index (χ1v) is 12.4. The van der Waals surface area contributed by atoms with Gasteiger partial charge in [0.15, 0.2) is 15.9 Å². The standard InChI is InChI=1S/C24H31NO5S/c1-17(2)20-7-11-23(12-8-20)30-18(3)24(26)25(21-13-14-31(27,28)16-21)15-19-5-9-22(29-4)10-6-19/h5-12,17-18,21H,13-16H2,1-4H3. The summed E-state index contributed by atoms with van der Waals surface area (Å²) in [6, 6.07) is 14.8. The van der Waals surface area contributed by atoms with E-state index >= 15 is 0 Å². The lowest BCUT2D eigenvalue weighted by Crippen LogP contribution is -2.46. The summed E-state index contributed by atoms with van der Waals surface area (Å²) in [5.74, 6) is 1.64. The molecule has 3 rings (SSSR count). The molecule has 0 spiro atoms. The number of methoxy groups -OCH3 is 1. The zero-order valence-electron chi connectivity index (χ0n) is 18.6. The number of benzene rings is 2. The average molecular weight is 446 g/mol. The van der Waals surface area contributed by atoms with E-state index in [-0.39, 0.29) is 23.5 Å². The van der Waals surface area contributed by atoms with Crippen LogP contribution in [0.25, 0.3) is 0 Å². The largest absolute Gasteiger partial charge is 0.497 e. The fourth-order valence-electron chi connectivity index (χ4n) is 3.76. The Hall–Kier alpha value is -2.54. The summed E-state index contributed by atoms with van der Waals surface area (Å²) >= 11 is 0. The molecule has 2 unspecified atom stereocenters. The molecule has 2 atom stereocenters. The smallest absolute Gasteiger partial charge is 0.263 e. The zero-order valence-corrected chi connectivity index (χ0v) is 19.4. The van der Waals surface area contributed by atoms with Crippen molar-refractivity contribution in [1.29, 1.82) is 0 Å². The number of hydrogen-bond donors (Lipinski definition) is 0. The average Bonchev–Trinajstić information content (AvgIpc) is 3.11. The number of amides is 1. The van der Waals surface area contributed by atoms with Crippen molar-refractivity contribution in [2.45, 2.75) is 51.8 Å². The van der Waals surface area contributed by atoms with Gasteiger partial charge in [-0.1, -0.05) is 38.1 Å². The van der Waals surface area contributed by atoms with Gasteiger partial charge in [0, 0.05) is 12.6 Å². The molecule has 2 aromatic rings. The van der Waals surface area contributed by atoms with Crippen molar-refractivity contribution in [2.24, 2.45) is 0 Å². The Labute approximate surface area is 185 Å². The van der Waals surface area contributed by atoms with Crippen molar-refractivity contribution in [3.05, 3.63) is 59.7 Å². The number of hydrogen-bond acceptors (Lipinski definition) is 5. The van der Waals surface area contributed by atoms with Crippen LogP contribution in [0.3, 0.4) is 0 Å². The molecule has 1 heterocycles. The van der Waals surface area contributed by atoms with Gasteiger partial charge in [0.25, 0.3) is 5.91 Å². The molecule has 7 heteroatoms. The van der Waals surface area contributed by atoms with Crippen LogP contribution in [0.4, 0.5) is 0 Å². The summed E-state index contributed by atoms with van der Waals surface area (Å²) in [6.45, 7) is 6.27. The molecule has 0 bridgehead atoms. The summed E-state index contributed by atoms with van der Waals surface area (Å²) in [4.78, 5) is 15.0. The van der Waals surface area contributed by atoms with E-state index in [1.54, 1.807) is 18.9 Å². The van der Waals surface area contributed by atoms with Gasteiger partial charge in [-0.2, -0.15) is 0 Å². The van der Waals surface area contributed by atoms with E-state index in [1.165, 1.54) is 5.56 Å². The minimum atomic E-state index is -3.13. The molecule has 1 fully saturated rings. The minimum absolute atomic E-state index is 0.00923. The highest BCUT2D eigenvalue weighted by atomic mass is 32.2. The topological polar surface area (TPSA) is 72.9 Å². The summed E-state index contributed by atoms with van der Waals surface area (Å²) in [5.41, 5.74) is 2.11. The van der Waals surface area contributed by atoms with Crippen molar-refractivity contribution in [3.8, 4) is 11.5 Å². The second kappa shape index (κ2) is 9.73. The van der Waals surface area contributed by atoms with Gasteiger partial charge in [-0.25, -0.2) is 8.42 Å². The second-order valence-corrected chi connectivity index (χ2v) is 10.6. The third-order valence-electron chi connectivity index (χ3n) is 5.65. The fraction of sp³-hybridized carbons (Fsp3) is 0.458. The Bertz CT molecular complexity index is 984. The van der Waals surface area contributed by atoms with Crippen molar-refractivity contribution >= 4 is 15.7 Å². The van der Waals surface area contributed by atoms with E-state index in [9.17, 15) is 13.2 Å². The summed E-state index contributed by atoms with van der Waals surface area (Å²) < 4.78 is 35.2. The van der Waals surface area contributed by atoms with Gasteiger partial charge in [-0.15, -0.1) is 0 Å². The first-order chi connectivity index (χ1) is 14.7. The first kappa shape index (κ1) is 23.1. The van der Waals surface area contributed by atoms with Gasteiger partial charge >= 0.3 is 0 Å². The third kappa shape index (κ3) is 6.00. The molecule has 1 aliphatic heterocycles. The predicted molar refractivity (Wildman–Crippen MR) is 121 cm³/mol. The molecular weight excluding hydrogens is 414 g/mol. The van der Waals surface area contributed by atoms with Crippen molar-refractivity contribution in [3.63, 3.8) is 0 Å². The van der Waals surface area contributed by atoms with E-state index in [2.05, 4.69) is 13.8 Å². The van der Waals surface area contributed by atoms with Gasteiger partial charge < -0.3 is 14.4 Å². The number of sulfone groups is 1. The number of rotatable bonds is 8. The van der Waals surface area contributed by atoms with Crippen LogP contribution >= 0.6 is 0 Å². The number of nitrogens with zero attached hydrogens (tertiary/aromatic N) is 1. The lowest BCUT2D eigenvalue weighted by atomic mass is 10.0. The normalized spacial score (nSPS) is 18.5. The molecule has 6 nitrogen and oxygen atoms in total. The van der Waals surface area contributed by atoms with Crippen LogP contribution in [0.2, 0.25) is 0 Å². The molecule has 168 valence electrons. The maximum absolute atomic E-state index is 13.3. The molecule has 0 saturated carbocycles. The highest BCUT2D eigenvalue weighted by molar-refractivity contribution is 7.91. The molecule has 1 aliphatic rings. The zero-order chi connectivity index (χ0) is 22.6. The lowest BCUT2D eigenvalue weighted by Gasteiger charge is -2.31. The van der Waals surface area contributed by atoms with Gasteiger partial charge in [0.05, 0.1) is 18.6 Å². The van der Waals surface area contributed by atoms with Gasteiger partial charge in [-0.05, 0) is 54.7 Å². The molecule has 0 aromatic heterocycles. The Kier molecular flexibility index (Phi) is 7.26. The Morgan fingerprint density at radius 2 is 1.65 bits per heavy atom. The van der Waals surface area contributed by atoms with Gasteiger partial charge in [-0.3, -0.25) is 4.79 Å². The number of ether oxygens (including phenoxy) is 2. The Morgan fingerprint density at radius 3 is 2.16 bits per heavy atom. The monoisotopic (exact) mass is 445 g/mol. The van der Waals surface area contributed by atoms with Gasteiger partial charge in [0.1, 0.15) is 11.5 Å². The quantitative estimate of drug-likeness (QED) is 0.618. The summed E-state index contributed by atoms with van der Waals surface area (Å²) in [7, 11) is -1.53. The molecule has 31 heavy (non-hydrogen) atoms. The van der Waals surface area contributed by atoms with Gasteiger partial charge in [0.2, 0.25) is 0 Å². The number of carbonyl (C=O) groups is 1. The highest BCUT2D eigenvalue weighted by Gasteiger charge is 2.36. The maximum atomic E-state index is 13.3. The Morgan fingerprint density at radius 1 is 1.03 bits per heavy atom. The molecule has 0 N–H and O–H groups in total. The second-order valence-electron chi connectivity index (χ2n) is 8.35. The van der Waals surface area contributed by atoms with E-state index < -0.39 is 15.9 Å². The number of carbonyl (C=O) groups excluding carboxylic acids is 1. The maximum Gasteiger partial charge on any atom is 0.263 e. The van der Waals surface area contributed by atoms with Crippen LogP contribution in [-0.4, -0.2) is 50.0 Å². The van der Waals surface area contributed by atoms with E-state index in [0.717, 1.165) is 11.3 Å². The highest BCUT2D eigenvalue weighted by Crippen LogP contribution is 2.24. The Balaban J connectivity index is 1.77. The molecule has 2 aromatic carbocycles. The van der Waals surface area contributed by atoms with Crippen molar-refractivity contribution < 1.29 is 22.7 Å². The van der Waals surface area contributed by atoms with Crippen LogP contribution in [0.1, 0.15) is 44.2 Å². The molecule has 1 amide bonds. The van der Waals surface area contributed by atoms with Crippen LogP contribution in [0, 0.1) is 0 Å². The SMILES string of the molecule is COc1ccc(CN(C(=O)C(C)Oc2ccc(C(C)C)cc2)C2CCS(=O)(=O)C2)cc1. The van der Waals surface area contributed by atoms with Crippen LogP contribution < -0.4 is 9.47 Å². The van der Waals surface area contributed by atoms with E-state index in [0.29, 0.717) is 24.6 Å². The fourth-order valence-corrected chi connectivity index (χ4v) is 5.49. The van der Waals surface area contributed by atoms with Crippen molar-refractivity contribution in [1.82, 2.24) is 4.90 Å². The van der Waals surface area contributed by atoms with Crippen LogP contribution in [-0.2, 0) is 21.2 Å². The van der Waals surface area contributed by atoms with E-state index in [1.807, 2.05) is 48.5 Å². The summed E-state index contributed by atoms with van der Waals surface area (Å²) in [5, 5.41) is 0. The third-order valence-corrected chi connectivity index (χ3v) is 7.40. The van der Waals surface area contributed by atoms with E-state index in [4.69, 9.17) is 9.47 Å².